The van der Waals surface area contributed by atoms with Crippen molar-refractivity contribution in [2.24, 2.45) is 0 Å². The van der Waals surface area contributed by atoms with Gasteiger partial charge in [-0.2, -0.15) is 0 Å². The Morgan fingerprint density at radius 1 is 1.00 bits per heavy atom. The summed E-state index contributed by atoms with van der Waals surface area (Å²) >= 11 is 1.98. The third kappa shape index (κ3) is 6.41. The molecule has 0 amide bonds. The molecular formula is C18H33NS. The van der Waals surface area contributed by atoms with Gasteiger partial charge in [0.05, 0.1) is 0 Å². The maximum Gasteiger partial charge on any atom is 0.0414 e. The number of rotatable bonds is 11. The van der Waals surface area contributed by atoms with Crippen molar-refractivity contribution >= 4 is 11.3 Å². The molecule has 1 heterocycles. The summed E-state index contributed by atoms with van der Waals surface area (Å²) in [5.74, 6) is 0. The molecule has 1 N–H and O–H groups in total. The van der Waals surface area contributed by atoms with Crippen LogP contribution in [0.2, 0.25) is 0 Å². The average Bonchev–Trinajstić information content (AvgIpc) is 2.77. The van der Waals surface area contributed by atoms with Gasteiger partial charge in [0.15, 0.2) is 0 Å². The van der Waals surface area contributed by atoms with Gasteiger partial charge in [0.1, 0.15) is 0 Å². The van der Waals surface area contributed by atoms with Gasteiger partial charge < -0.3 is 5.32 Å². The molecule has 0 spiro atoms. The Balaban J connectivity index is 2.40. The number of unbranched alkanes of at least 4 members (excludes halogenated alkanes) is 5. The Bertz CT molecular complexity index is 337. The minimum absolute atomic E-state index is 0.582. The molecule has 0 bridgehead atoms. The van der Waals surface area contributed by atoms with E-state index < -0.39 is 0 Å². The number of hydrogen-bond donors (Lipinski definition) is 1. The lowest BCUT2D eigenvalue weighted by atomic mass is 10.0. The van der Waals surface area contributed by atoms with Gasteiger partial charge in [0, 0.05) is 15.8 Å². The molecular weight excluding hydrogens is 262 g/mol. The fourth-order valence-corrected chi connectivity index (χ4v) is 3.72. The second-order valence-electron chi connectivity index (χ2n) is 5.95. The van der Waals surface area contributed by atoms with Crippen molar-refractivity contribution in [1.29, 1.82) is 0 Å². The van der Waals surface area contributed by atoms with Crippen molar-refractivity contribution in [3.8, 4) is 0 Å². The number of hydrogen-bond acceptors (Lipinski definition) is 2. The molecule has 1 aromatic rings. The van der Waals surface area contributed by atoms with E-state index in [0.717, 1.165) is 6.54 Å². The van der Waals surface area contributed by atoms with E-state index in [0.29, 0.717) is 6.04 Å². The Labute approximate surface area is 130 Å². The van der Waals surface area contributed by atoms with Gasteiger partial charge in [0.25, 0.3) is 0 Å². The molecule has 0 aliphatic rings. The van der Waals surface area contributed by atoms with Crippen molar-refractivity contribution in [3.05, 3.63) is 21.4 Å². The molecule has 1 atom stereocenters. The number of thiophene rings is 1. The fourth-order valence-electron chi connectivity index (χ4n) is 2.57. The van der Waals surface area contributed by atoms with Gasteiger partial charge in [-0.25, -0.2) is 0 Å². The normalized spacial score (nSPS) is 12.8. The largest absolute Gasteiger partial charge is 0.309 e. The molecule has 2 heteroatoms. The second kappa shape index (κ2) is 10.4. The van der Waals surface area contributed by atoms with Gasteiger partial charge in [-0.1, -0.05) is 52.4 Å². The third-order valence-corrected chi connectivity index (χ3v) is 5.28. The van der Waals surface area contributed by atoms with E-state index >= 15 is 0 Å². The molecule has 116 valence electrons. The minimum atomic E-state index is 0.582. The van der Waals surface area contributed by atoms with Crippen LogP contribution < -0.4 is 5.32 Å². The zero-order valence-electron chi connectivity index (χ0n) is 13.9. The Morgan fingerprint density at radius 3 is 2.30 bits per heavy atom. The molecule has 20 heavy (non-hydrogen) atoms. The van der Waals surface area contributed by atoms with Crippen molar-refractivity contribution in [2.45, 2.75) is 85.1 Å². The van der Waals surface area contributed by atoms with Crippen LogP contribution in [-0.4, -0.2) is 6.54 Å². The first-order valence-corrected chi connectivity index (χ1v) is 9.31. The lowest BCUT2D eigenvalue weighted by Gasteiger charge is -2.17. The van der Waals surface area contributed by atoms with Crippen LogP contribution in [0.15, 0.2) is 6.07 Å². The molecule has 0 radical (unpaired) electrons. The van der Waals surface area contributed by atoms with Crippen molar-refractivity contribution in [1.82, 2.24) is 5.32 Å². The van der Waals surface area contributed by atoms with E-state index in [9.17, 15) is 0 Å². The van der Waals surface area contributed by atoms with Gasteiger partial charge >= 0.3 is 0 Å². The third-order valence-electron chi connectivity index (χ3n) is 4.02. The highest BCUT2D eigenvalue weighted by molar-refractivity contribution is 7.12. The van der Waals surface area contributed by atoms with E-state index in [2.05, 4.69) is 39.1 Å². The van der Waals surface area contributed by atoms with Crippen LogP contribution in [0.25, 0.3) is 0 Å². The van der Waals surface area contributed by atoms with Gasteiger partial charge in [0.2, 0.25) is 0 Å². The van der Waals surface area contributed by atoms with Crippen LogP contribution in [0.4, 0.5) is 0 Å². The minimum Gasteiger partial charge on any atom is -0.309 e. The molecule has 1 nitrogen and oxygen atoms in total. The summed E-state index contributed by atoms with van der Waals surface area (Å²) < 4.78 is 0. The van der Waals surface area contributed by atoms with Crippen LogP contribution in [0.5, 0.6) is 0 Å². The van der Waals surface area contributed by atoms with E-state index in [1.165, 1.54) is 61.8 Å². The molecule has 0 aliphatic carbocycles. The Morgan fingerprint density at radius 2 is 1.70 bits per heavy atom. The summed E-state index contributed by atoms with van der Waals surface area (Å²) in [7, 11) is 0. The summed E-state index contributed by atoms with van der Waals surface area (Å²) in [6, 6.07) is 2.98. The fraction of sp³-hybridized carbons (Fsp3) is 0.778. The second-order valence-corrected chi connectivity index (χ2v) is 7.24. The smallest absolute Gasteiger partial charge is 0.0414 e. The van der Waals surface area contributed by atoms with Crippen LogP contribution in [0.1, 0.15) is 86.6 Å². The lowest BCUT2D eigenvalue weighted by Crippen LogP contribution is -2.21. The lowest BCUT2D eigenvalue weighted by molar-refractivity contribution is 0.472. The van der Waals surface area contributed by atoms with Gasteiger partial charge in [-0.3, -0.25) is 0 Å². The van der Waals surface area contributed by atoms with Crippen molar-refractivity contribution in [3.63, 3.8) is 0 Å². The quantitative estimate of drug-likeness (QED) is 0.482. The first kappa shape index (κ1) is 17.7. The van der Waals surface area contributed by atoms with Crippen LogP contribution in [0.3, 0.4) is 0 Å². The number of aryl methyl sites for hydroxylation is 2. The molecule has 0 saturated carbocycles. The zero-order valence-corrected chi connectivity index (χ0v) is 14.7. The molecule has 0 saturated heterocycles. The van der Waals surface area contributed by atoms with E-state index in [-0.39, 0.29) is 0 Å². The standard InChI is InChI=1S/C18H33NS/c1-5-7-8-9-10-11-12-17(19-13-6-2)18-14-15(3)16(4)20-18/h14,17,19H,5-13H2,1-4H3. The van der Waals surface area contributed by atoms with E-state index in [1.54, 1.807) is 4.88 Å². The highest BCUT2D eigenvalue weighted by atomic mass is 32.1. The molecule has 0 aliphatic heterocycles. The predicted molar refractivity (Wildman–Crippen MR) is 92.8 cm³/mol. The summed E-state index contributed by atoms with van der Waals surface area (Å²) in [4.78, 5) is 3.02. The first-order valence-electron chi connectivity index (χ1n) is 8.49. The van der Waals surface area contributed by atoms with Crippen LogP contribution in [-0.2, 0) is 0 Å². The highest BCUT2D eigenvalue weighted by Gasteiger charge is 2.13. The van der Waals surface area contributed by atoms with Crippen molar-refractivity contribution < 1.29 is 0 Å². The number of nitrogens with one attached hydrogen (secondary N) is 1. The molecule has 1 aromatic heterocycles. The van der Waals surface area contributed by atoms with Crippen molar-refractivity contribution in [2.75, 3.05) is 6.54 Å². The summed E-state index contributed by atoms with van der Waals surface area (Å²) in [6.45, 7) is 10.1. The molecule has 1 unspecified atom stereocenters. The van der Waals surface area contributed by atoms with Crippen LogP contribution >= 0.6 is 11.3 Å². The molecule has 0 fully saturated rings. The zero-order chi connectivity index (χ0) is 14.8. The maximum atomic E-state index is 3.74. The summed E-state index contributed by atoms with van der Waals surface area (Å²) in [6.07, 6.45) is 10.9. The Kier molecular flexibility index (Phi) is 9.21. The maximum absolute atomic E-state index is 3.74. The summed E-state index contributed by atoms with van der Waals surface area (Å²) in [5, 5.41) is 3.74. The Hall–Kier alpha value is -0.340. The van der Waals surface area contributed by atoms with Gasteiger partial charge in [-0.05, 0) is 44.9 Å². The van der Waals surface area contributed by atoms with Gasteiger partial charge in [-0.15, -0.1) is 11.3 Å². The topological polar surface area (TPSA) is 12.0 Å². The van der Waals surface area contributed by atoms with E-state index in [1.807, 2.05) is 11.3 Å². The summed E-state index contributed by atoms with van der Waals surface area (Å²) in [5.41, 5.74) is 1.45. The molecule has 1 rings (SSSR count). The average molecular weight is 296 g/mol. The SMILES string of the molecule is CCCCCCCCC(NCCC)c1cc(C)c(C)s1. The van der Waals surface area contributed by atoms with Crippen LogP contribution in [0, 0.1) is 13.8 Å². The first-order chi connectivity index (χ1) is 9.69. The molecule has 0 aromatic carbocycles. The predicted octanol–water partition coefficient (Wildman–Crippen LogP) is 6.16. The van der Waals surface area contributed by atoms with E-state index in [4.69, 9.17) is 0 Å². The monoisotopic (exact) mass is 295 g/mol. The highest BCUT2D eigenvalue weighted by Crippen LogP contribution is 2.29.